The highest BCUT2D eigenvalue weighted by Gasteiger charge is 2.21. The molecule has 0 unspecified atom stereocenters. The Morgan fingerprint density at radius 1 is 1.27 bits per heavy atom. The second-order valence-electron chi connectivity index (χ2n) is 5.39. The van der Waals surface area contributed by atoms with Gasteiger partial charge in [0, 0.05) is 51.9 Å². The van der Waals surface area contributed by atoms with Gasteiger partial charge in [0.2, 0.25) is 15.9 Å². The van der Waals surface area contributed by atoms with E-state index in [2.05, 4.69) is 14.6 Å². The first-order valence-corrected chi connectivity index (χ1v) is 9.18. The standard InChI is InChI=1S/C14H22N4O3S/c1-22(20,21)16-7-5-14(19)18-10-8-17(9-11-18)12-13-4-2-3-6-15-13/h2-4,6,16H,5,7-12H2,1H3. The molecule has 1 aromatic heterocycles. The summed E-state index contributed by atoms with van der Waals surface area (Å²) in [6.07, 6.45) is 3.07. The average molecular weight is 326 g/mol. The normalized spacial score (nSPS) is 16.7. The van der Waals surface area contributed by atoms with Crippen molar-refractivity contribution >= 4 is 15.9 Å². The number of piperazine rings is 1. The van der Waals surface area contributed by atoms with Crippen LogP contribution in [0.3, 0.4) is 0 Å². The fraction of sp³-hybridized carbons (Fsp3) is 0.571. The molecule has 0 radical (unpaired) electrons. The number of nitrogens with zero attached hydrogens (tertiary/aromatic N) is 3. The molecular formula is C14H22N4O3S. The van der Waals surface area contributed by atoms with Gasteiger partial charge in [0.15, 0.2) is 0 Å². The van der Waals surface area contributed by atoms with Gasteiger partial charge in [-0.1, -0.05) is 6.07 Å². The molecule has 0 aromatic carbocycles. The van der Waals surface area contributed by atoms with Crippen molar-refractivity contribution in [3.63, 3.8) is 0 Å². The maximum atomic E-state index is 12.0. The number of rotatable bonds is 6. The van der Waals surface area contributed by atoms with Crippen LogP contribution in [0.1, 0.15) is 12.1 Å². The van der Waals surface area contributed by atoms with Crippen LogP contribution in [-0.2, 0) is 21.4 Å². The summed E-state index contributed by atoms with van der Waals surface area (Å²) in [7, 11) is -3.23. The van der Waals surface area contributed by atoms with E-state index < -0.39 is 10.0 Å². The Morgan fingerprint density at radius 3 is 2.59 bits per heavy atom. The van der Waals surface area contributed by atoms with Crippen LogP contribution >= 0.6 is 0 Å². The van der Waals surface area contributed by atoms with Crippen molar-refractivity contribution in [1.29, 1.82) is 0 Å². The molecule has 0 bridgehead atoms. The van der Waals surface area contributed by atoms with E-state index >= 15 is 0 Å². The minimum atomic E-state index is -3.23. The lowest BCUT2D eigenvalue weighted by Gasteiger charge is -2.34. The zero-order valence-corrected chi connectivity index (χ0v) is 13.6. The van der Waals surface area contributed by atoms with Crippen LogP contribution in [0.25, 0.3) is 0 Å². The third-order valence-electron chi connectivity index (χ3n) is 3.54. The fourth-order valence-electron chi connectivity index (χ4n) is 2.38. The Labute approximate surface area is 131 Å². The van der Waals surface area contributed by atoms with Crippen molar-refractivity contribution < 1.29 is 13.2 Å². The fourth-order valence-corrected chi connectivity index (χ4v) is 2.85. The molecule has 1 fully saturated rings. The summed E-state index contributed by atoms with van der Waals surface area (Å²) in [6.45, 7) is 3.91. The van der Waals surface area contributed by atoms with Crippen molar-refractivity contribution in [2.45, 2.75) is 13.0 Å². The van der Waals surface area contributed by atoms with Gasteiger partial charge in [-0.2, -0.15) is 0 Å². The van der Waals surface area contributed by atoms with E-state index in [1.54, 1.807) is 11.1 Å². The number of hydrogen-bond acceptors (Lipinski definition) is 5. The van der Waals surface area contributed by atoms with E-state index in [-0.39, 0.29) is 18.9 Å². The van der Waals surface area contributed by atoms with E-state index in [1.807, 2.05) is 18.2 Å². The van der Waals surface area contributed by atoms with E-state index in [0.717, 1.165) is 31.6 Å². The van der Waals surface area contributed by atoms with Crippen molar-refractivity contribution in [2.75, 3.05) is 39.0 Å². The number of hydrogen-bond donors (Lipinski definition) is 1. The van der Waals surface area contributed by atoms with E-state index in [1.165, 1.54) is 0 Å². The zero-order chi connectivity index (χ0) is 16.0. The molecule has 1 N–H and O–H groups in total. The molecule has 1 saturated heterocycles. The molecule has 2 heterocycles. The molecule has 0 aliphatic carbocycles. The predicted octanol–water partition coefficient (Wildman–Crippen LogP) is -0.335. The average Bonchev–Trinajstić information content (AvgIpc) is 2.47. The smallest absolute Gasteiger partial charge is 0.223 e. The Kier molecular flexibility index (Phi) is 5.87. The summed E-state index contributed by atoms with van der Waals surface area (Å²) in [5.74, 6) is -0.00589. The van der Waals surface area contributed by atoms with Crippen LogP contribution in [-0.4, -0.2) is 68.1 Å². The number of amides is 1. The van der Waals surface area contributed by atoms with Gasteiger partial charge in [0.05, 0.1) is 11.9 Å². The molecule has 22 heavy (non-hydrogen) atoms. The molecule has 0 spiro atoms. The summed E-state index contributed by atoms with van der Waals surface area (Å²) in [5.41, 5.74) is 1.03. The Bertz CT molecular complexity index is 583. The maximum Gasteiger partial charge on any atom is 0.223 e. The van der Waals surface area contributed by atoms with Crippen molar-refractivity contribution in [3.05, 3.63) is 30.1 Å². The second kappa shape index (κ2) is 7.66. The van der Waals surface area contributed by atoms with Gasteiger partial charge in [-0.25, -0.2) is 13.1 Å². The number of aromatic nitrogens is 1. The number of carbonyl (C=O) groups excluding carboxylic acids is 1. The summed E-state index contributed by atoms with van der Waals surface area (Å²) in [4.78, 5) is 20.4. The van der Waals surface area contributed by atoms with Gasteiger partial charge in [-0.15, -0.1) is 0 Å². The van der Waals surface area contributed by atoms with Gasteiger partial charge in [0.1, 0.15) is 0 Å². The quantitative estimate of drug-likeness (QED) is 0.774. The molecule has 1 aliphatic heterocycles. The highest BCUT2D eigenvalue weighted by molar-refractivity contribution is 7.88. The molecule has 7 nitrogen and oxygen atoms in total. The third-order valence-corrected chi connectivity index (χ3v) is 4.27. The van der Waals surface area contributed by atoms with Crippen LogP contribution in [0, 0.1) is 0 Å². The second-order valence-corrected chi connectivity index (χ2v) is 7.23. The lowest BCUT2D eigenvalue weighted by Crippen LogP contribution is -2.48. The molecule has 122 valence electrons. The van der Waals surface area contributed by atoms with E-state index in [4.69, 9.17) is 0 Å². The summed E-state index contributed by atoms with van der Waals surface area (Å²) >= 11 is 0. The van der Waals surface area contributed by atoms with Crippen molar-refractivity contribution in [3.8, 4) is 0 Å². The molecule has 0 atom stereocenters. The molecule has 1 amide bonds. The third kappa shape index (κ3) is 5.70. The molecule has 1 aromatic rings. The summed E-state index contributed by atoms with van der Waals surface area (Å²) in [6, 6.07) is 5.86. The van der Waals surface area contributed by atoms with Gasteiger partial charge >= 0.3 is 0 Å². The molecule has 1 aliphatic rings. The number of pyridine rings is 1. The molecule has 8 heteroatoms. The Hall–Kier alpha value is -1.51. The van der Waals surface area contributed by atoms with Crippen LogP contribution in [0.2, 0.25) is 0 Å². The van der Waals surface area contributed by atoms with Crippen LogP contribution in [0.4, 0.5) is 0 Å². The first kappa shape index (κ1) is 16.9. The lowest BCUT2D eigenvalue weighted by atomic mass is 10.2. The highest BCUT2D eigenvalue weighted by Crippen LogP contribution is 2.07. The van der Waals surface area contributed by atoms with Gasteiger partial charge < -0.3 is 4.90 Å². The predicted molar refractivity (Wildman–Crippen MR) is 83.6 cm³/mol. The lowest BCUT2D eigenvalue weighted by molar-refractivity contribution is -0.132. The molecule has 2 rings (SSSR count). The largest absolute Gasteiger partial charge is 0.340 e. The minimum Gasteiger partial charge on any atom is -0.340 e. The number of nitrogens with one attached hydrogen (secondary N) is 1. The highest BCUT2D eigenvalue weighted by atomic mass is 32.2. The monoisotopic (exact) mass is 326 g/mol. The summed E-state index contributed by atoms with van der Waals surface area (Å²) in [5, 5.41) is 0. The number of carbonyl (C=O) groups is 1. The van der Waals surface area contributed by atoms with Crippen LogP contribution < -0.4 is 4.72 Å². The van der Waals surface area contributed by atoms with Crippen LogP contribution in [0.15, 0.2) is 24.4 Å². The SMILES string of the molecule is CS(=O)(=O)NCCC(=O)N1CCN(Cc2ccccn2)CC1. The first-order valence-electron chi connectivity index (χ1n) is 7.29. The van der Waals surface area contributed by atoms with Gasteiger partial charge in [-0.3, -0.25) is 14.7 Å². The number of sulfonamides is 1. The maximum absolute atomic E-state index is 12.0. The van der Waals surface area contributed by atoms with Crippen molar-refractivity contribution in [2.24, 2.45) is 0 Å². The summed E-state index contributed by atoms with van der Waals surface area (Å²) < 4.78 is 24.3. The van der Waals surface area contributed by atoms with Gasteiger partial charge in [0.25, 0.3) is 0 Å². The Morgan fingerprint density at radius 2 is 2.00 bits per heavy atom. The first-order chi connectivity index (χ1) is 10.4. The minimum absolute atomic E-state index is 0.00589. The molecule has 0 saturated carbocycles. The van der Waals surface area contributed by atoms with Crippen molar-refractivity contribution in [1.82, 2.24) is 19.5 Å². The molecular weight excluding hydrogens is 304 g/mol. The van der Waals surface area contributed by atoms with Gasteiger partial charge in [-0.05, 0) is 12.1 Å². The topological polar surface area (TPSA) is 82.6 Å². The Balaban J connectivity index is 1.71. The zero-order valence-electron chi connectivity index (χ0n) is 12.7. The van der Waals surface area contributed by atoms with Crippen LogP contribution in [0.5, 0.6) is 0 Å². The van der Waals surface area contributed by atoms with E-state index in [9.17, 15) is 13.2 Å². The van der Waals surface area contributed by atoms with E-state index in [0.29, 0.717) is 13.1 Å².